The third-order valence-electron chi connectivity index (χ3n) is 6.21. The maximum Gasteiger partial charge on any atom is 0.332 e. The summed E-state index contributed by atoms with van der Waals surface area (Å²) in [5.74, 6) is -0.793. The summed E-state index contributed by atoms with van der Waals surface area (Å²) >= 11 is 0. The largest absolute Gasteiger partial charge is 0.479 e. The molecular formula is C19H33NO5. The number of aliphatic carboxylic acids is 1. The van der Waals surface area contributed by atoms with E-state index in [1.54, 1.807) is 0 Å². The zero-order chi connectivity index (χ0) is 17.6. The summed E-state index contributed by atoms with van der Waals surface area (Å²) in [5, 5.41) is 18.3. The molecule has 0 aromatic carbocycles. The third-order valence-corrected chi connectivity index (χ3v) is 6.21. The first-order valence-electron chi connectivity index (χ1n) is 10.0. The van der Waals surface area contributed by atoms with E-state index in [0.29, 0.717) is 30.6 Å². The molecule has 2 aliphatic carbocycles. The highest BCUT2D eigenvalue weighted by Crippen LogP contribution is 2.30. The molecule has 3 rings (SSSR count). The molecule has 3 fully saturated rings. The first-order valence-corrected chi connectivity index (χ1v) is 10.0. The van der Waals surface area contributed by atoms with Crippen molar-refractivity contribution in [1.29, 1.82) is 0 Å². The SMILES string of the molecule is O=C(O)C(O)CC1CCC(OCCN2CCOC3CCCCC32)CC1. The molecule has 25 heavy (non-hydrogen) atoms. The van der Waals surface area contributed by atoms with Crippen LogP contribution in [-0.4, -0.2) is 71.7 Å². The van der Waals surface area contributed by atoms with Crippen molar-refractivity contribution in [1.82, 2.24) is 4.90 Å². The van der Waals surface area contributed by atoms with Crippen LogP contribution in [0.5, 0.6) is 0 Å². The molecule has 1 heterocycles. The van der Waals surface area contributed by atoms with E-state index in [1.165, 1.54) is 25.7 Å². The summed E-state index contributed by atoms with van der Waals surface area (Å²) < 4.78 is 12.0. The molecule has 3 unspecified atom stereocenters. The van der Waals surface area contributed by atoms with E-state index in [2.05, 4.69) is 4.90 Å². The van der Waals surface area contributed by atoms with Crippen LogP contribution in [0.3, 0.4) is 0 Å². The van der Waals surface area contributed by atoms with E-state index < -0.39 is 12.1 Å². The number of fused-ring (bicyclic) bond motifs is 1. The Balaban J connectivity index is 1.33. The number of carboxylic acid groups (broad SMARTS) is 1. The molecule has 1 aliphatic heterocycles. The van der Waals surface area contributed by atoms with Gasteiger partial charge >= 0.3 is 5.97 Å². The van der Waals surface area contributed by atoms with Crippen molar-refractivity contribution in [3.63, 3.8) is 0 Å². The average molecular weight is 355 g/mol. The van der Waals surface area contributed by atoms with Crippen LogP contribution in [0.1, 0.15) is 57.8 Å². The van der Waals surface area contributed by atoms with Crippen LogP contribution in [-0.2, 0) is 14.3 Å². The predicted octanol–water partition coefficient (Wildman–Crippen LogP) is 2.04. The van der Waals surface area contributed by atoms with Gasteiger partial charge in [-0.15, -0.1) is 0 Å². The summed E-state index contributed by atoms with van der Waals surface area (Å²) in [7, 11) is 0. The maximum atomic E-state index is 10.7. The third kappa shape index (κ3) is 5.39. The average Bonchev–Trinajstić information content (AvgIpc) is 2.63. The fourth-order valence-electron chi connectivity index (χ4n) is 4.74. The number of aliphatic hydroxyl groups excluding tert-OH is 1. The van der Waals surface area contributed by atoms with Crippen LogP contribution in [0.15, 0.2) is 0 Å². The molecule has 0 amide bonds. The predicted molar refractivity (Wildman–Crippen MR) is 93.5 cm³/mol. The number of ether oxygens (including phenoxy) is 2. The van der Waals surface area contributed by atoms with Gasteiger partial charge in [-0.3, -0.25) is 4.90 Å². The molecule has 0 radical (unpaired) electrons. The molecule has 0 spiro atoms. The van der Waals surface area contributed by atoms with Gasteiger partial charge in [0.05, 0.1) is 25.4 Å². The number of aliphatic hydroxyl groups is 1. The lowest BCUT2D eigenvalue weighted by Crippen LogP contribution is -2.53. The van der Waals surface area contributed by atoms with Crippen LogP contribution in [0.2, 0.25) is 0 Å². The second kappa shape index (κ2) is 9.31. The van der Waals surface area contributed by atoms with Gasteiger partial charge in [-0.25, -0.2) is 4.79 Å². The van der Waals surface area contributed by atoms with Crippen molar-refractivity contribution in [3.05, 3.63) is 0 Å². The normalized spacial score (nSPS) is 35.1. The second-order valence-electron chi connectivity index (χ2n) is 7.90. The van der Waals surface area contributed by atoms with Gasteiger partial charge in [0.25, 0.3) is 0 Å². The van der Waals surface area contributed by atoms with E-state index in [1.807, 2.05) is 0 Å². The van der Waals surface area contributed by atoms with Gasteiger partial charge in [0, 0.05) is 19.1 Å². The van der Waals surface area contributed by atoms with Crippen LogP contribution >= 0.6 is 0 Å². The van der Waals surface area contributed by atoms with Crippen LogP contribution in [0, 0.1) is 5.92 Å². The number of carboxylic acids is 1. The topological polar surface area (TPSA) is 79.2 Å². The summed E-state index contributed by atoms with van der Waals surface area (Å²) in [4.78, 5) is 13.3. The number of nitrogens with zero attached hydrogens (tertiary/aromatic N) is 1. The Morgan fingerprint density at radius 1 is 1.16 bits per heavy atom. The zero-order valence-corrected chi connectivity index (χ0v) is 15.1. The van der Waals surface area contributed by atoms with Gasteiger partial charge in [0.2, 0.25) is 0 Å². The lowest BCUT2D eigenvalue weighted by molar-refractivity contribution is -0.147. The lowest BCUT2D eigenvalue weighted by atomic mass is 9.84. The van der Waals surface area contributed by atoms with E-state index in [-0.39, 0.29) is 0 Å². The van der Waals surface area contributed by atoms with Crippen molar-refractivity contribution >= 4 is 5.97 Å². The Kier molecular flexibility index (Phi) is 7.10. The molecule has 2 saturated carbocycles. The van der Waals surface area contributed by atoms with Gasteiger partial charge in [0.1, 0.15) is 0 Å². The van der Waals surface area contributed by atoms with Crippen LogP contribution in [0.25, 0.3) is 0 Å². The van der Waals surface area contributed by atoms with Crippen molar-refractivity contribution in [2.45, 2.75) is 82.1 Å². The maximum absolute atomic E-state index is 10.7. The highest BCUT2D eigenvalue weighted by atomic mass is 16.5. The standard InChI is InChI=1S/C19H33NO5/c21-17(19(22)23)13-14-5-7-15(8-6-14)24-11-9-20-10-12-25-18-4-2-1-3-16(18)20/h14-18,21H,1-13H2,(H,22,23). The minimum absolute atomic E-state index is 0.293. The molecule has 144 valence electrons. The van der Waals surface area contributed by atoms with Gasteiger partial charge in [0.15, 0.2) is 6.10 Å². The van der Waals surface area contributed by atoms with E-state index >= 15 is 0 Å². The molecule has 0 aromatic heterocycles. The van der Waals surface area contributed by atoms with Gasteiger partial charge < -0.3 is 19.7 Å². The smallest absolute Gasteiger partial charge is 0.332 e. The van der Waals surface area contributed by atoms with Gasteiger partial charge in [-0.1, -0.05) is 12.8 Å². The molecule has 0 bridgehead atoms. The minimum Gasteiger partial charge on any atom is -0.479 e. The van der Waals surface area contributed by atoms with Crippen molar-refractivity contribution in [2.75, 3.05) is 26.3 Å². The highest BCUT2D eigenvalue weighted by molar-refractivity contribution is 5.71. The Morgan fingerprint density at radius 2 is 1.92 bits per heavy atom. The van der Waals surface area contributed by atoms with Crippen molar-refractivity contribution < 1.29 is 24.5 Å². The fraction of sp³-hybridized carbons (Fsp3) is 0.947. The molecule has 6 heteroatoms. The van der Waals surface area contributed by atoms with E-state index in [9.17, 15) is 9.90 Å². The second-order valence-corrected chi connectivity index (χ2v) is 7.90. The molecule has 6 nitrogen and oxygen atoms in total. The fourth-order valence-corrected chi connectivity index (χ4v) is 4.74. The van der Waals surface area contributed by atoms with Gasteiger partial charge in [-0.05, 0) is 50.9 Å². The first kappa shape index (κ1) is 19.1. The number of carbonyl (C=O) groups is 1. The van der Waals surface area contributed by atoms with Crippen molar-refractivity contribution in [2.24, 2.45) is 5.92 Å². The van der Waals surface area contributed by atoms with Crippen LogP contribution in [0.4, 0.5) is 0 Å². The molecule has 2 N–H and O–H groups in total. The number of morpholine rings is 1. The van der Waals surface area contributed by atoms with E-state index in [4.69, 9.17) is 14.6 Å². The Hall–Kier alpha value is -0.690. The summed E-state index contributed by atoms with van der Waals surface area (Å²) in [5.41, 5.74) is 0. The Labute approximate surface area is 150 Å². The summed E-state index contributed by atoms with van der Waals surface area (Å²) in [6, 6.07) is 0.583. The zero-order valence-electron chi connectivity index (χ0n) is 15.1. The highest BCUT2D eigenvalue weighted by Gasteiger charge is 2.34. The van der Waals surface area contributed by atoms with Crippen LogP contribution < -0.4 is 0 Å². The number of hydrogen-bond acceptors (Lipinski definition) is 5. The van der Waals surface area contributed by atoms with Crippen molar-refractivity contribution in [3.8, 4) is 0 Å². The number of rotatable bonds is 7. The van der Waals surface area contributed by atoms with E-state index in [0.717, 1.165) is 52.0 Å². The molecule has 1 saturated heterocycles. The molecular weight excluding hydrogens is 322 g/mol. The number of hydrogen-bond donors (Lipinski definition) is 2. The summed E-state index contributed by atoms with van der Waals surface area (Å²) in [6.07, 6.45) is 8.81. The first-order chi connectivity index (χ1) is 12.1. The minimum atomic E-state index is -1.22. The Morgan fingerprint density at radius 3 is 2.68 bits per heavy atom. The lowest BCUT2D eigenvalue weighted by Gasteiger charge is -2.44. The quantitative estimate of drug-likeness (QED) is 0.728. The molecule has 3 atom stereocenters. The molecule has 3 aliphatic rings. The Bertz CT molecular complexity index is 422. The molecule has 0 aromatic rings. The summed E-state index contributed by atoms with van der Waals surface area (Å²) in [6.45, 7) is 3.63. The van der Waals surface area contributed by atoms with Gasteiger partial charge in [-0.2, -0.15) is 0 Å². The monoisotopic (exact) mass is 355 g/mol.